The average molecular weight is 451 g/mol. The monoisotopic (exact) mass is 450 g/mol. The van der Waals surface area contributed by atoms with E-state index in [1.807, 2.05) is 30.3 Å². The number of fused-ring (bicyclic) bond motifs is 1. The summed E-state index contributed by atoms with van der Waals surface area (Å²) in [6.45, 7) is 1.76. The Balaban J connectivity index is 1.35. The Labute approximate surface area is 185 Å². The van der Waals surface area contributed by atoms with Crippen molar-refractivity contribution in [3.63, 3.8) is 0 Å². The minimum absolute atomic E-state index is 0.156. The Kier molecular flexibility index (Phi) is 4.97. The molecular formula is C21H15ClN6O2S. The summed E-state index contributed by atoms with van der Waals surface area (Å²) in [4.78, 5) is 16.9. The topological polar surface area (TPSA) is 110 Å². The molecule has 5 aromatic rings. The van der Waals surface area contributed by atoms with E-state index >= 15 is 0 Å². The molecule has 0 atom stereocenters. The normalized spacial score (nSPS) is 11.2. The van der Waals surface area contributed by atoms with Crippen molar-refractivity contribution in [2.45, 2.75) is 13.3 Å². The smallest absolute Gasteiger partial charge is 0.294 e. The summed E-state index contributed by atoms with van der Waals surface area (Å²) >= 11 is 7.84. The molecule has 0 unspecified atom stereocenters. The molecule has 31 heavy (non-hydrogen) atoms. The number of hydrogen-bond donors (Lipinski definition) is 2. The summed E-state index contributed by atoms with van der Waals surface area (Å²) in [6, 6.07) is 12.8. The summed E-state index contributed by atoms with van der Waals surface area (Å²) in [5.74, 6) is 0.379. The number of anilines is 1. The zero-order chi connectivity index (χ0) is 21.4. The number of aromatic amines is 1. The number of halogens is 1. The molecular weight excluding hydrogens is 436 g/mol. The molecule has 0 aliphatic rings. The summed E-state index contributed by atoms with van der Waals surface area (Å²) < 4.78 is 9.48. The van der Waals surface area contributed by atoms with Crippen LogP contribution in [0.1, 0.15) is 26.8 Å². The molecule has 3 heterocycles. The van der Waals surface area contributed by atoms with Crippen molar-refractivity contribution in [2.75, 3.05) is 5.32 Å². The molecule has 1 amide bonds. The zero-order valence-corrected chi connectivity index (χ0v) is 17.8. The van der Waals surface area contributed by atoms with Gasteiger partial charge in [-0.3, -0.25) is 9.89 Å². The number of H-pyrrole nitrogens is 1. The van der Waals surface area contributed by atoms with Gasteiger partial charge >= 0.3 is 0 Å². The first-order chi connectivity index (χ1) is 15.1. The molecule has 0 radical (unpaired) electrons. The van der Waals surface area contributed by atoms with Crippen LogP contribution in [0, 0.1) is 6.92 Å². The van der Waals surface area contributed by atoms with E-state index < -0.39 is 0 Å². The fourth-order valence-corrected chi connectivity index (χ4v) is 4.14. The number of hydrogen-bond acceptors (Lipinski definition) is 7. The van der Waals surface area contributed by atoms with Crippen molar-refractivity contribution in [3.05, 3.63) is 75.7 Å². The second-order valence-electron chi connectivity index (χ2n) is 6.93. The number of aromatic nitrogens is 5. The van der Waals surface area contributed by atoms with Gasteiger partial charge in [-0.15, -0.1) is 0 Å². The van der Waals surface area contributed by atoms with E-state index in [9.17, 15) is 4.79 Å². The highest BCUT2D eigenvalue weighted by molar-refractivity contribution is 7.05. The lowest BCUT2D eigenvalue weighted by molar-refractivity contribution is 0.0988. The third-order valence-electron chi connectivity index (χ3n) is 4.68. The molecule has 3 aromatic heterocycles. The largest absolute Gasteiger partial charge is 0.351 e. The molecule has 0 saturated heterocycles. The van der Waals surface area contributed by atoms with E-state index in [1.54, 1.807) is 25.3 Å². The van der Waals surface area contributed by atoms with Gasteiger partial charge < -0.3 is 9.84 Å². The highest BCUT2D eigenvalue weighted by Gasteiger charge is 2.14. The molecule has 0 fully saturated rings. The van der Waals surface area contributed by atoms with Crippen LogP contribution >= 0.6 is 23.1 Å². The average Bonchev–Trinajstić information content (AvgIpc) is 3.51. The Morgan fingerprint density at radius 2 is 2.16 bits per heavy atom. The molecule has 5 rings (SSSR count). The van der Waals surface area contributed by atoms with Gasteiger partial charge in [0.1, 0.15) is 5.01 Å². The van der Waals surface area contributed by atoms with Gasteiger partial charge in [-0.05, 0) is 42.2 Å². The summed E-state index contributed by atoms with van der Waals surface area (Å²) in [7, 11) is 0. The molecule has 0 saturated carbocycles. The Morgan fingerprint density at radius 3 is 3.00 bits per heavy atom. The molecule has 2 aromatic carbocycles. The van der Waals surface area contributed by atoms with Gasteiger partial charge in [-0.25, -0.2) is 4.98 Å². The lowest BCUT2D eigenvalue weighted by Crippen LogP contribution is -2.10. The van der Waals surface area contributed by atoms with Crippen LogP contribution in [0.2, 0.25) is 5.02 Å². The first-order valence-electron chi connectivity index (χ1n) is 9.35. The van der Waals surface area contributed by atoms with Crippen LogP contribution in [0.5, 0.6) is 0 Å². The summed E-state index contributed by atoms with van der Waals surface area (Å²) in [5.41, 5.74) is 3.91. The molecule has 0 aliphatic heterocycles. The van der Waals surface area contributed by atoms with Crippen LogP contribution in [0.15, 0.2) is 53.2 Å². The number of nitrogens with zero attached hydrogens (tertiary/aromatic N) is 4. The molecule has 8 nitrogen and oxygen atoms in total. The number of aryl methyl sites for hydroxylation is 1. The minimum atomic E-state index is -0.367. The SMILES string of the molecule is Cc1cc(C(=O)Nc2cccc(-c3nsc(Cc4ccc5[nH]ncc5c4Cl)n3)c2)on1. The molecule has 0 spiro atoms. The van der Waals surface area contributed by atoms with Crippen molar-refractivity contribution < 1.29 is 9.32 Å². The molecule has 10 heteroatoms. The fraction of sp³-hybridized carbons (Fsp3) is 0.0952. The zero-order valence-electron chi connectivity index (χ0n) is 16.2. The van der Waals surface area contributed by atoms with Gasteiger partial charge in [0.15, 0.2) is 5.82 Å². The van der Waals surface area contributed by atoms with Crippen LogP contribution in [-0.4, -0.2) is 30.6 Å². The fourth-order valence-electron chi connectivity index (χ4n) is 3.17. The number of nitrogens with one attached hydrogen (secondary N) is 2. The Hall–Kier alpha value is -3.56. The van der Waals surface area contributed by atoms with Gasteiger partial charge in [0.05, 0.1) is 22.4 Å². The van der Waals surface area contributed by atoms with E-state index in [2.05, 4.69) is 30.0 Å². The van der Waals surface area contributed by atoms with Gasteiger partial charge in [-0.1, -0.05) is 35.0 Å². The van der Waals surface area contributed by atoms with Crippen LogP contribution < -0.4 is 5.32 Å². The number of rotatable bonds is 5. The number of carbonyl (C=O) groups is 1. The Bertz CT molecular complexity index is 1410. The first-order valence-corrected chi connectivity index (χ1v) is 10.5. The predicted molar refractivity (Wildman–Crippen MR) is 118 cm³/mol. The number of amides is 1. The maximum atomic E-state index is 12.3. The van der Waals surface area contributed by atoms with Crippen molar-refractivity contribution >= 4 is 45.6 Å². The summed E-state index contributed by atoms with van der Waals surface area (Å²) in [5, 5.41) is 15.9. The maximum absolute atomic E-state index is 12.3. The lowest BCUT2D eigenvalue weighted by atomic mass is 10.1. The standard InChI is InChI=1S/C21H15ClN6O2S/c1-11-7-17(30-27-11)21(29)24-14-4-2-3-13(8-14)20-25-18(31-28-20)9-12-5-6-16-15(19(12)22)10-23-26-16/h2-8,10H,9H2,1H3,(H,23,26)(H,24,29). The van der Waals surface area contributed by atoms with Crippen molar-refractivity contribution in [3.8, 4) is 11.4 Å². The van der Waals surface area contributed by atoms with Crippen molar-refractivity contribution in [2.24, 2.45) is 0 Å². The van der Waals surface area contributed by atoms with Gasteiger partial charge in [0.2, 0.25) is 5.76 Å². The van der Waals surface area contributed by atoms with Crippen LogP contribution in [0.25, 0.3) is 22.3 Å². The maximum Gasteiger partial charge on any atom is 0.294 e. The van der Waals surface area contributed by atoms with Gasteiger partial charge in [0.25, 0.3) is 5.91 Å². The third kappa shape index (κ3) is 3.92. The lowest BCUT2D eigenvalue weighted by Gasteiger charge is -2.04. The predicted octanol–water partition coefficient (Wildman–Crippen LogP) is 4.87. The van der Waals surface area contributed by atoms with E-state index in [0.717, 1.165) is 27.0 Å². The number of carbonyl (C=O) groups excluding carboxylic acids is 1. The quantitative estimate of drug-likeness (QED) is 0.395. The highest BCUT2D eigenvalue weighted by atomic mass is 35.5. The van der Waals surface area contributed by atoms with Crippen molar-refractivity contribution in [1.29, 1.82) is 0 Å². The van der Waals surface area contributed by atoms with Crippen LogP contribution in [-0.2, 0) is 6.42 Å². The van der Waals surface area contributed by atoms with E-state index in [1.165, 1.54) is 11.5 Å². The molecule has 0 bridgehead atoms. The molecule has 0 aliphatic carbocycles. The molecule has 2 N–H and O–H groups in total. The second kappa shape index (κ2) is 7.93. The summed E-state index contributed by atoms with van der Waals surface area (Å²) in [6.07, 6.45) is 2.28. The third-order valence-corrected chi connectivity index (χ3v) is 5.84. The first kappa shape index (κ1) is 19.4. The Morgan fingerprint density at radius 1 is 1.26 bits per heavy atom. The minimum Gasteiger partial charge on any atom is -0.351 e. The number of benzene rings is 2. The van der Waals surface area contributed by atoms with Crippen LogP contribution in [0.3, 0.4) is 0 Å². The van der Waals surface area contributed by atoms with E-state index in [0.29, 0.717) is 28.6 Å². The van der Waals surface area contributed by atoms with Gasteiger partial charge in [-0.2, -0.15) is 9.47 Å². The van der Waals surface area contributed by atoms with Crippen LogP contribution in [0.4, 0.5) is 5.69 Å². The van der Waals surface area contributed by atoms with E-state index in [4.69, 9.17) is 16.1 Å². The van der Waals surface area contributed by atoms with Crippen molar-refractivity contribution in [1.82, 2.24) is 24.7 Å². The second-order valence-corrected chi connectivity index (χ2v) is 8.14. The molecule has 154 valence electrons. The van der Waals surface area contributed by atoms with Gasteiger partial charge in [0, 0.05) is 29.1 Å². The highest BCUT2D eigenvalue weighted by Crippen LogP contribution is 2.29. The van der Waals surface area contributed by atoms with E-state index in [-0.39, 0.29) is 11.7 Å².